The minimum absolute atomic E-state index is 0.353. The number of hydrogen-bond donors (Lipinski definition) is 2. The van der Waals surface area contributed by atoms with Crippen molar-refractivity contribution in [1.82, 2.24) is 9.62 Å². The molecule has 2 heterocycles. The Kier molecular flexibility index (Phi) is 4.29. The zero-order chi connectivity index (χ0) is 21.2. The number of nitro groups is 1. The molecule has 28 heavy (non-hydrogen) atoms. The molecule has 2 aliphatic rings. The number of aliphatic carboxylic acids is 1. The molecule has 1 amide bonds. The molecular weight excluding hydrogens is 418 g/mol. The van der Waals surface area contributed by atoms with Gasteiger partial charge in [0.05, 0.1) is 9.82 Å². The van der Waals surface area contributed by atoms with Crippen molar-refractivity contribution in [1.29, 1.82) is 0 Å². The van der Waals surface area contributed by atoms with E-state index < -0.39 is 63.8 Å². The van der Waals surface area contributed by atoms with Gasteiger partial charge in [0, 0.05) is 12.1 Å². The third-order valence-electron chi connectivity index (χ3n) is 4.94. The number of nitro benzene ring substituents is 1. The van der Waals surface area contributed by atoms with Gasteiger partial charge in [-0.2, -0.15) is 4.72 Å². The standard InChI is InChI=1S/C14H15N3O9S2/c1-14(2)10(13(19)20)16-11(18)9(12(16)27(14,23)24)15-28(25,26)8-5-3-7(4-6-8)17(21)22/h3-6,9-10,12,15H,1-2H3,(H,19,20)/t9-,10+,12+/m1/s1. The smallest absolute Gasteiger partial charge is 0.328 e. The third-order valence-corrected chi connectivity index (χ3v) is 9.22. The zero-order valence-corrected chi connectivity index (χ0v) is 16.1. The molecule has 152 valence electrons. The van der Waals surface area contributed by atoms with E-state index in [4.69, 9.17) is 0 Å². The molecule has 0 unspecified atom stereocenters. The number of amides is 1. The number of rotatable bonds is 5. The Bertz CT molecular complexity index is 1090. The predicted molar refractivity (Wildman–Crippen MR) is 92.3 cm³/mol. The number of non-ortho nitro benzene ring substituents is 1. The molecule has 14 heteroatoms. The number of carbonyl (C=O) groups excluding carboxylic acids is 1. The molecule has 0 aliphatic carbocycles. The summed E-state index contributed by atoms with van der Waals surface area (Å²) in [5.41, 5.74) is -0.353. The number of fused-ring (bicyclic) bond motifs is 1. The van der Waals surface area contributed by atoms with Crippen molar-refractivity contribution in [3.05, 3.63) is 34.4 Å². The molecule has 2 aliphatic heterocycles. The molecule has 2 saturated heterocycles. The summed E-state index contributed by atoms with van der Waals surface area (Å²) in [6, 6.07) is 0.436. The Hall–Kier alpha value is -2.58. The van der Waals surface area contributed by atoms with Crippen molar-refractivity contribution < 1.29 is 36.5 Å². The summed E-state index contributed by atoms with van der Waals surface area (Å²) in [6.45, 7) is 2.32. The maximum Gasteiger partial charge on any atom is 0.328 e. The van der Waals surface area contributed by atoms with Crippen LogP contribution < -0.4 is 4.72 Å². The van der Waals surface area contributed by atoms with Gasteiger partial charge in [0.25, 0.3) is 5.69 Å². The summed E-state index contributed by atoms with van der Waals surface area (Å²) in [4.78, 5) is 34.0. The lowest BCUT2D eigenvalue weighted by molar-refractivity contribution is -0.384. The van der Waals surface area contributed by atoms with Gasteiger partial charge in [0.15, 0.2) is 15.2 Å². The quantitative estimate of drug-likeness (QED) is 0.337. The van der Waals surface area contributed by atoms with Crippen LogP contribution in [0.1, 0.15) is 13.8 Å². The van der Waals surface area contributed by atoms with Crippen LogP contribution in [0.25, 0.3) is 0 Å². The molecule has 12 nitrogen and oxygen atoms in total. The molecule has 0 radical (unpaired) electrons. The van der Waals surface area contributed by atoms with Crippen LogP contribution in [0.2, 0.25) is 0 Å². The van der Waals surface area contributed by atoms with Crippen molar-refractivity contribution in [2.24, 2.45) is 0 Å². The van der Waals surface area contributed by atoms with Gasteiger partial charge in [0.1, 0.15) is 16.8 Å². The number of sulfonamides is 1. The van der Waals surface area contributed by atoms with Crippen LogP contribution in [-0.4, -0.2) is 65.8 Å². The largest absolute Gasteiger partial charge is 0.480 e. The first-order chi connectivity index (χ1) is 12.7. The second kappa shape index (κ2) is 5.96. The van der Waals surface area contributed by atoms with E-state index in [0.717, 1.165) is 38.1 Å². The predicted octanol–water partition coefficient (Wildman–Crippen LogP) is -0.930. The summed E-state index contributed by atoms with van der Waals surface area (Å²) in [7, 11) is -8.60. The molecule has 1 aromatic rings. The Morgan fingerprint density at radius 3 is 2.29 bits per heavy atom. The van der Waals surface area contributed by atoms with Crippen molar-refractivity contribution in [2.75, 3.05) is 0 Å². The number of β-lactam (4-membered cyclic amide) rings is 1. The monoisotopic (exact) mass is 433 g/mol. The van der Waals surface area contributed by atoms with Gasteiger partial charge in [-0.25, -0.2) is 21.6 Å². The van der Waals surface area contributed by atoms with Crippen LogP contribution in [-0.2, 0) is 29.4 Å². The molecule has 0 bridgehead atoms. The highest BCUT2D eigenvalue weighted by molar-refractivity contribution is 7.94. The Balaban J connectivity index is 1.93. The Labute approximate surface area is 159 Å². The summed E-state index contributed by atoms with van der Waals surface area (Å²) in [5, 5.41) is 18.3. The number of carbonyl (C=O) groups is 2. The summed E-state index contributed by atoms with van der Waals surface area (Å²) in [6.07, 6.45) is 0. The number of hydrogen-bond acceptors (Lipinski definition) is 8. The number of benzene rings is 1. The molecule has 2 fully saturated rings. The minimum atomic E-state index is -4.39. The van der Waals surface area contributed by atoms with E-state index in [0.29, 0.717) is 4.90 Å². The van der Waals surface area contributed by atoms with Crippen LogP contribution >= 0.6 is 0 Å². The molecule has 2 N–H and O–H groups in total. The molecule has 3 atom stereocenters. The number of sulfone groups is 1. The van der Waals surface area contributed by atoms with E-state index in [9.17, 15) is 41.6 Å². The maximum atomic E-state index is 12.7. The first-order valence-corrected chi connectivity index (χ1v) is 10.8. The van der Waals surface area contributed by atoms with Crippen LogP contribution in [0.4, 0.5) is 5.69 Å². The van der Waals surface area contributed by atoms with Crippen molar-refractivity contribution in [2.45, 2.75) is 40.9 Å². The number of carboxylic acid groups (broad SMARTS) is 1. The van der Waals surface area contributed by atoms with Crippen LogP contribution in [0, 0.1) is 10.1 Å². The fourth-order valence-corrected chi connectivity index (χ4v) is 6.89. The fourth-order valence-electron chi connectivity index (χ4n) is 3.40. The molecule has 0 saturated carbocycles. The van der Waals surface area contributed by atoms with Crippen molar-refractivity contribution in [3.63, 3.8) is 0 Å². The van der Waals surface area contributed by atoms with E-state index in [2.05, 4.69) is 0 Å². The van der Waals surface area contributed by atoms with E-state index in [1.54, 1.807) is 0 Å². The molecule has 3 rings (SSSR count). The highest BCUT2D eigenvalue weighted by atomic mass is 32.2. The summed E-state index contributed by atoms with van der Waals surface area (Å²) in [5.74, 6) is -2.49. The number of nitrogens with one attached hydrogen (secondary N) is 1. The molecular formula is C14H15N3O9S2. The van der Waals surface area contributed by atoms with Crippen LogP contribution in [0.15, 0.2) is 29.2 Å². The minimum Gasteiger partial charge on any atom is -0.480 e. The SMILES string of the molecule is CC1(C)[C@H](C(=O)O)N2C(=O)[C@@H](NS(=O)(=O)c3ccc([N+](=O)[O-])cc3)[C@@H]2S1(=O)=O. The third kappa shape index (κ3) is 2.59. The van der Waals surface area contributed by atoms with Gasteiger partial charge in [-0.15, -0.1) is 0 Å². The molecule has 1 aromatic carbocycles. The topological polar surface area (TPSA) is 181 Å². The van der Waals surface area contributed by atoms with Gasteiger partial charge in [-0.1, -0.05) is 0 Å². The first-order valence-electron chi connectivity index (χ1n) is 7.78. The second-order valence-corrected chi connectivity index (χ2v) is 11.2. The molecule has 0 aromatic heterocycles. The van der Waals surface area contributed by atoms with Crippen molar-refractivity contribution in [3.8, 4) is 0 Å². The Morgan fingerprint density at radius 1 is 1.29 bits per heavy atom. The average Bonchev–Trinajstić information content (AvgIpc) is 2.73. The summed E-state index contributed by atoms with van der Waals surface area (Å²) < 4.78 is 50.6. The molecule has 0 spiro atoms. The Morgan fingerprint density at radius 2 is 1.82 bits per heavy atom. The van der Waals surface area contributed by atoms with E-state index >= 15 is 0 Å². The van der Waals surface area contributed by atoms with Gasteiger partial charge >= 0.3 is 5.97 Å². The maximum absolute atomic E-state index is 12.7. The van der Waals surface area contributed by atoms with Gasteiger partial charge in [-0.05, 0) is 26.0 Å². The van der Waals surface area contributed by atoms with Crippen molar-refractivity contribution >= 4 is 37.4 Å². The van der Waals surface area contributed by atoms with E-state index in [1.165, 1.54) is 0 Å². The number of nitrogens with zero attached hydrogens (tertiary/aromatic N) is 2. The first kappa shape index (κ1) is 20.2. The lowest BCUT2D eigenvalue weighted by Crippen LogP contribution is -2.71. The normalized spacial score (nSPS) is 27.7. The highest BCUT2D eigenvalue weighted by Gasteiger charge is 2.72. The van der Waals surface area contributed by atoms with Gasteiger partial charge < -0.3 is 10.0 Å². The fraction of sp³-hybridized carbons (Fsp3) is 0.429. The number of carboxylic acids is 1. The highest BCUT2D eigenvalue weighted by Crippen LogP contribution is 2.46. The zero-order valence-electron chi connectivity index (χ0n) is 14.5. The van der Waals surface area contributed by atoms with E-state index in [-0.39, 0.29) is 5.69 Å². The van der Waals surface area contributed by atoms with Crippen LogP contribution in [0.3, 0.4) is 0 Å². The van der Waals surface area contributed by atoms with E-state index in [1.807, 2.05) is 4.72 Å². The lowest BCUT2D eigenvalue weighted by atomic mass is 9.96. The van der Waals surface area contributed by atoms with Gasteiger partial charge in [0.2, 0.25) is 15.9 Å². The summed E-state index contributed by atoms with van der Waals surface area (Å²) >= 11 is 0. The van der Waals surface area contributed by atoms with Crippen LogP contribution in [0.5, 0.6) is 0 Å². The van der Waals surface area contributed by atoms with Gasteiger partial charge in [-0.3, -0.25) is 14.9 Å². The lowest BCUT2D eigenvalue weighted by Gasteiger charge is -2.42. The average molecular weight is 433 g/mol. The second-order valence-electron chi connectivity index (χ2n) is 6.88.